The van der Waals surface area contributed by atoms with Crippen LogP contribution in [0, 0.1) is 11.3 Å². The molecule has 0 radical (unpaired) electrons. The first-order chi connectivity index (χ1) is 14.8. The quantitative estimate of drug-likeness (QED) is 0.450. The number of benzene rings is 1. The van der Waals surface area contributed by atoms with Gasteiger partial charge in [0.2, 0.25) is 0 Å². The summed E-state index contributed by atoms with van der Waals surface area (Å²) in [5, 5.41) is 11.7. The Hall–Kier alpha value is -3.71. The van der Waals surface area contributed by atoms with Crippen molar-refractivity contribution in [2.75, 3.05) is 5.32 Å². The first-order valence-electron chi connectivity index (χ1n) is 8.87. The summed E-state index contributed by atoms with van der Waals surface area (Å²) in [6, 6.07) is 6.39. The van der Waals surface area contributed by atoms with Crippen molar-refractivity contribution in [3.05, 3.63) is 64.7 Å². The van der Waals surface area contributed by atoms with Crippen molar-refractivity contribution in [1.29, 1.82) is 5.26 Å². The van der Waals surface area contributed by atoms with Crippen LogP contribution in [0.5, 0.6) is 0 Å². The van der Waals surface area contributed by atoms with Gasteiger partial charge in [-0.05, 0) is 31.2 Å². The summed E-state index contributed by atoms with van der Waals surface area (Å²) < 4.78 is 44.5. The summed E-state index contributed by atoms with van der Waals surface area (Å²) in [6.07, 6.45) is -0.135. The van der Waals surface area contributed by atoms with Crippen LogP contribution in [0.25, 0.3) is 22.5 Å². The van der Waals surface area contributed by atoms with Gasteiger partial charge in [0.15, 0.2) is 5.58 Å². The van der Waals surface area contributed by atoms with Crippen LogP contribution >= 0.6 is 11.6 Å². The average molecular weight is 445 g/mol. The van der Waals surface area contributed by atoms with E-state index in [1.165, 1.54) is 18.6 Å². The Labute approximate surface area is 178 Å². The molecule has 0 saturated heterocycles. The third-order valence-electron chi connectivity index (χ3n) is 4.39. The van der Waals surface area contributed by atoms with Crippen molar-refractivity contribution in [2.45, 2.75) is 19.1 Å². The second-order valence-electron chi connectivity index (χ2n) is 6.52. The molecule has 0 aliphatic heterocycles. The second-order valence-corrected chi connectivity index (χ2v) is 6.93. The van der Waals surface area contributed by atoms with Crippen molar-refractivity contribution in [3.8, 4) is 17.5 Å². The Morgan fingerprint density at radius 1 is 1.16 bits per heavy atom. The zero-order chi connectivity index (χ0) is 22.2. The topological polar surface area (TPSA) is 101 Å². The van der Waals surface area contributed by atoms with Crippen molar-refractivity contribution in [2.24, 2.45) is 0 Å². The fourth-order valence-electron chi connectivity index (χ4n) is 2.93. The predicted molar refractivity (Wildman–Crippen MR) is 106 cm³/mol. The average Bonchev–Trinajstić information content (AvgIpc) is 3.16. The lowest BCUT2D eigenvalue weighted by Gasteiger charge is -2.14. The molecule has 0 aliphatic carbocycles. The number of anilines is 1. The zero-order valence-corrected chi connectivity index (χ0v) is 16.5. The van der Waals surface area contributed by atoms with Gasteiger partial charge in [0, 0.05) is 18.6 Å². The molecule has 1 atom stereocenters. The Morgan fingerprint density at radius 3 is 2.61 bits per heavy atom. The highest BCUT2D eigenvalue weighted by atomic mass is 35.5. The molecule has 1 N–H and O–H groups in total. The molecule has 0 aliphatic rings. The Kier molecular flexibility index (Phi) is 5.20. The van der Waals surface area contributed by atoms with Gasteiger partial charge in [0.25, 0.3) is 6.01 Å². The number of aromatic nitrogens is 4. The number of alkyl halides is 3. The standard InChI is InChI=1S/C20H12ClF3N6O/c1-10(16-18(27-5-4-26-16)14-3-2-11(8-25)9-28-14)29-19-30-17-13(21)6-12(20(22,23)24)7-15(17)31-19/h2-7,9-10H,1H3,(H,29,30). The van der Waals surface area contributed by atoms with E-state index in [0.29, 0.717) is 22.6 Å². The SMILES string of the molecule is CC(Nc1nc2c(Cl)cc(C(F)(F)F)cc2o1)c1nccnc1-c1ccc(C#N)cn1. The molecule has 1 unspecified atom stereocenters. The van der Waals surface area contributed by atoms with E-state index in [1.807, 2.05) is 6.07 Å². The van der Waals surface area contributed by atoms with Crippen LogP contribution in [-0.4, -0.2) is 19.9 Å². The summed E-state index contributed by atoms with van der Waals surface area (Å²) in [4.78, 5) is 17.0. The summed E-state index contributed by atoms with van der Waals surface area (Å²) >= 11 is 5.96. The minimum absolute atomic E-state index is 0.0203. The second kappa shape index (κ2) is 7.85. The molecule has 31 heavy (non-hydrogen) atoms. The van der Waals surface area contributed by atoms with E-state index < -0.39 is 17.8 Å². The van der Waals surface area contributed by atoms with Crippen molar-refractivity contribution < 1.29 is 17.6 Å². The largest absolute Gasteiger partial charge is 0.423 e. The number of halogens is 4. The van der Waals surface area contributed by atoms with Gasteiger partial charge in [-0.3, -0.25) is 15.0 Å². The fourth-order valence-corrected chi connectivity index (χ4v) is 3.18. The molecule has 0 saturated carbocycles. The smallest absolute Gasteiger partial charge is 0.416 e. The minimum Gasteiger partial charge on any atom is -0.423 e. The van der Waals surface area contributed by atoms with Crippen molar-refractivity contribution >= 4 is 28.7 Å². The number of rotatable bonds is 4. The molecule has 0 spiro atoms. The fraction of sp³-hybridized carbons (Fsp3) is 0.150. The summed E-state index contributed by atoms with van der Waals surface area (Å²) in [6.45, 7) is 1.76. The number of nitriles is 1. The van der Waals surface area contributed by atoms with Gasteiger partial charge in [-0.25, -0.2) is 0 Å². The highest BCUT2D eigenvalue weighted by Crippen LogP contribution is 2.36. The van der Waals surface area contributed by atoms with Crippen LogP contribution in [0.15, 0.2) is 47.3 Å². The maximum Gasteiger partial charge on any atom is 0.416 e. The molecule has 7 nitrogen and oxygen atoms in total. The zero-order valence-electron chi connectivity index (χ0n) is 15.8. The molecule has 4 rings (SSSR count). The maximum absolute atomic E-state index is 13.0. The Morgan fingerprint density at radius 2 is 1.94 bits per heavy atom. The number of hydrogen-bond acceptors (Lipinski definition) is 7. The first kappa shape index (κ1) is 20.6. The molecule has 3 aromatic heterocycles. The van der Waals surface area contributed by atoms with E-state index >= 15 is 0 Å². The number of pyridine rings is 1. The van der Waals surface area contributed by atoms with Crippen LogP contribution < -0.4 is 5.32 Å². The number of nitrogens with one attached hydrogen (secondary N) is 1. The summed E-state index contributed by atoms with van der Waals surface area (Å²) in [7, 11) is 0. The first-order valence-corrected chi connectivity index (χ1v) is 9.25. The van der Waals surface area contributed by atoms with Crippen LogP contribution in [0.4, 0.5) is 19.2 Å². The molecule has 1 aromatic carbocycles. The highest BCUT2D eigenvalue weighted by molar-refractivity contribution is 6.35. The van der Waals surface area contributed by atoms with Crippen molar-refractivity contribution in [3.63, 3.8) is 0 Å². The van der Waals surface area contributed by atoms with E-state index in [0.717, 1.165) is 12.1 Å². The lowest BCUT2D eigenvalue weighted by molar-refractivity contribution is -0.137. The highest BCUT2D eigenvalue weighted by Gasteiger charge is 2.32. The Bertz CT molecular complexity index is 1300. The minimum atomic E-state index is -4.56. The van der Waals surface area contributed by atoms with Gasteiger partial charge < -0.3 is 9.73 Å². The number of fused-ring (bicyclic) bond motifs is 1. The van der Waals surface area contributed by atoms with Gasteiger partial charge >= 0.3 is 6.18 Å². The number of hydrogen-bond donors (Lipinski definition) is 1. The lowest BCUT2D eigenvalue weighted by Crippen LogP contribution is -2.11. The van der Waals surface area contributed by atoms with E-state index in [2.05, 4.69) is 25.3 Å². The van der Waals surface area contributed by atoms with Gasteiger partial charge in [0.05, 0.1) is 33.6 Å². The van der Waals surface area contributed by atoms with Crippen LogP contribution in [0.1, 0.15) is 29.8 Å². The van der Waals surface area contributed by atoms with Crippen LogP contribution in [0.3, 0.4) is 0 Å². The third kappa shape index (κ3) is 4.13. The van der Waals surface area contributed by atoms with Gasteiger partial charge in [0.1, 0.15) is 17.3 Å². The third-order valence-corrected chi connectivity index (χ3v) is 4.68. The number of oxazole rings is 1. The summed E-state index contributed by atoms with van der Waals surface area (Å²) in [5.74, 6) is 0. The molecule has 4 aromatic rings. The van der Waals surface area contributed by atoms with Crippen molar-refractivity contribution in [1.82, 2.24) is 19.9 Å². The summed E-state index contributed by atoms with van der Waals surface area (Å²) in [5.41, 5.74) is 0.974. The molecule has 0 bridgehead atoms. The van der Waals surface area contributed by atoms with Gasteiger partial charge in [-0.15, -0.1) is 0 Å². The van der Waals surface area contributed by atoms with E-state index in [4.69, 9.17) is 21.3 Å². The molecule has 3 heterocycles. The predicted octanol–water partition coefficient (Wildman–Crippen LogP) is 5.40. The molecule has 0 fully saturated rings. The molecular formula is C20H12ClF3N6O. The normalized spacial score (nSPS) is 12.5. The van der Waals surface area contributed by atoms with Crippen LogP contribution in [0.2, 0.25) is 5.02 Å². The van der Waals surface area contributed by atoms with E-state index in [-0.39, 0.29) is 22.1 Å². The van der Waals surface area contributed by atoms with E-state index in [1.54, 1.807) is 19.1 Å². The number of nitrogens with zero attached hydrogens (tertiary/aromatic N) is 5. The monoisotopic (exact) mass is 444 g/mol. The van der Waals surface area contributed by atoms with Gasteiger partial charge in [-0.2, -0.15) is 23.4 Å². The molecule has 0 amide bonds. The molecule has 156 valence electrons. The van der Waals surface area contributed by atoms with E-state index in [9.17, 15) is 13.2 Å². The van der Waals surface area contributed by atoms with Gasteiger partial charge in [-0.1, -0.05) is 11.6 Å². The maximum atomic E-state index is 13.0. The van der Waals surface area contributed by atoms with Crippen LogP contribution in [-0.2, 0) is 6.18 Å². The molecule has 11 heteroatoms. The lowest BCUT2D eigenvalue weighted by atomic mass is 10.1. The molecular weight excluding hydrogens is 433 g/mol. The Balaban J connectivity index is 1.66.